The van der Waals surface area contributed by atoms with Crippen molar-refractivity contribution in [2.24, 2.45) is 0 Å². The number of carboxylic acid groups (broad SMARTS) is 2. The van der Waals surface area contributed by atoms with Crippen LogP contribution in [-0.2, 0) is 9.59 Å². The van der Waals surface area contributed by atoms with Gasteiger partial charge in [0.1, 0.15) is 6.04 Å². The summed E-state index contributed by atoms with van der Waals surface area (Å²) in [4.78, 5) is 37.0. The summed E-state index contributed by atoms with van der Waals surface area (Å²) >= 11 is 0. The highest BCUT2D eigenvalue weighted by molar-refractivity contribution is 5.86. The molecule has 120 valence electrons. The fourth-order valence-electron chi connectivity index (χ4n) is 2.15. The summed E-state index contributed by atoms with van der Waals surface area (Å²) < 4.78 is 0. The summed E-state index contributed by atoms with van der Waals surface area (Å²) in [7, 11) is 0. The molecule has 1 rings (SSSR count). The van der Waals surface area contributed by atoms with E-state index < -0.39 is 30.4 Å². The summed E-state index contributed by atoms with van der Waals surface area (Å²) in [6.45, 7) is 2.79. The molecule has 9 nitrogen and oxygen atoms in total. The summed E-state index contributed by atoms with van der Waals surface area (Å²) in [5, 5.41) is 28.7. The summed E-state index contributed by atoms with van der Waals surface area (Å²) in [6, 6.07) is -2.01. The van der Waals surface area contributed by atoms with Crippen molar-refractivity contribution in [1.82, 2.24) is 15.1 Å². The van der Waals surface area contributed by atoms with E-state index in [9.17, 15) is 14.4 Å². The average Bonchev–Trinajstić information content (AvgIpc) is 2.63. The number of rotatable bonds is 6. The van der Waals surface area contributed by atoms with Gasteiger partial charge in [-0.2, -0.15) is 0 Å². The minimum Gasteiger partial charge on any atom is -0.481 e. The molecule has 1 heterocycles. The predicted molar refractivity (Wildman–Crippen MR) is 71.9 cm³/mol. The van der Waals surface area contributed by atoms with Crippen molar-refractivity contribution in [2.75, 3.05) is 39.3 Å². The van der Waals surface area contributed by atoms with Crippen molar-refractivity contribution in [1.29, 1.82) is 0 Å². The number of nitrogens with one attached hydrogen (secondary N) is 1. The second-order valence-electron chi connectivity index (χ2n) is 4.84. The van der Waals surface area contributed by atoms with Crippen LogP contribution in [0.4, 0.5) is 4.79 Å². The van der Waals surface area contributed by atoms with Crippen LogP contribution in [0.2, 0.25) is 0 Å². The lowest BCUT2D eigenvalue weighted by Crippen LogP contribution is -2.49. The van der Waals surface area contributed by atoms with Crippen LogP contribution in [0.25, 0.3) is 0 Å². The number of amides is 2. The second-order valence-corrected chi connectivity index (χ2v) is 4.84. The number of nitrogens with zero attached hydrogens (tertiary/aromatic N) is 2. The van der Waals surface area contributed by atoms with Gasteiger partial charge >= 0.3 is 18.0 Å². The van der Waals surface area contributed by atoms with Gasteiger partial charge in [-0.3, -0.25) is 9.69 Å². The number of carbonyl (C=O) groups is 3. The number of urea groups is 1. The summed E-state index contributed by atoms with van der Waals surface area (Å²) in [6.07, 6.45) is 0.0512. The zero-order chi connectivity index (χ0) is 15.8. The van der Waals surface area contributed by atoms with E-state index in [-0.39, 0.29) is 6.61 Å². The van der Waals surface area contributed by atoms with Crippen LogP contribution in [0, 0.1) is 0 Å². The van der Waals surface area contributed by atoms with Crippen LogP contribution < -0.4 is 5.32 Å². The molecule has 0 aromatic heterocycles. The highest BCUT2D eigenvalue weighted by Crippen LogP contribution is 2.04. The Morgan fingerprint density at radius 1 is 1.10 bits per heavy atom. The van der Waals surface area contributed by atoms with Crippen LogP contribution in [0.1, 0.15) is 12.8 Å². The summed E-state index contributed by atoms with van der Waals surface area (Å²) in [5.74, 6) is -2.66. The van der Waals surface area contributed by atoms with E-state index in [1.165, 1.54) is 4.90 Å². The smallest absolute Gasteiger partial charge is 0.326 e. The van der Waals surface area contributed by atoms with Gasteiger partial charge < -0.3 is 25.5 Å². The largest absolute Gasteiger partial charge is 0.481 e. The van der Waals surface area contributed by atoms with E-state index >= 15 is 0 Å². The first-order valence-corrected chi connectivity index (χ1v) is 6.77. The molecule has 0 bridgehead atoms. The Bertz CT molecular complexity index is 389. The van der Waals surface area contributed by atoms with E-state index in [4.69, 9.17) is 15.3 Å². The number of carbonyl (C=O) groups excluding carboxylic acids is 1. The number of carboxylic acids is 2. The van der Waals surface area contributed by atoms with Crippen LogP contribution >= 0.6 is 0 Å². The third kappa shape index (κ3) is 5.96. The average molecular weight is 303 g/mol. The molecule has 0 spiro atoms. The van der Waals surface area contributed by atoms with Gasteiger partial charge in [0.05, 0.1) is 13.0 Å². The molecule has 0 radical (unpaired) electrons. The zero-order valence-electron chi connectivity index (χ0n) is 11.7. The standard InChI is InChI=1S/C12H21N3O6/c16-7-6-14-2-1-3-15(5-4-14)12(21)13-9(11(19)20)8-10(17)18/h9,16H,1-8H2,(H,13,21)(H,17,18)(H,19,20)/t9-/m1/s1. The van der Waals surface area contributed by atoms with Crippen molar-refractivity contribution < 1.29 is 29.7 Å². The molecule has 21 heavy (non-hydrogen) atoms. The number of aliphatic hydroxyl groups excluding tert-OH is 1. The molecule has 0 unspecified atom stereocenters. The number of aliphatic carboxylic acids is 2. The van der Waals surface area contributed by atoms with Crippen molar-refractivity contribution in [3.05, 3.63) is 0 Å². The highest BCUT2D eigenvalue weighted by atomic mass is 16.4. The highest BCUT2D eigenvalue weighted by Gasteiger charge is 2.26. The third-order valence-electron chi connectivity index (χ3n) is 3.27. The van der Waals surface area contributed by atoms with Gasteiger partial charge in [0, 0.05) is 26.2 Å². The third-order valence-corrected chi connectivity index (χ3v) is 3.27. The van der Waals surface area contributed by atoms with Crippen LogP contribution in [0.15, 0.2) is 0 Å². The molecule has 0 aromatic rings. The second kappa shape index (κ2) is 8.42. The molecule has 4 N–H and O–H groups in total. The molecule has 1 fully saturated rings. The van der Waals surface area contributed by atoms with Crippen molar-refractivity contribution in [3.63, 3.8) is 0 Å². The molecule has 2 amide bonds. The van der Waals surface area contributed by atoms with Crippen molar-refractivity contribution in [3.8, 4) is 0 Å². The van der Waals surface area contributed by atoms with Crippen LogP contribution in [0.5, 0.6) is 0 Å². The minimum absolute atomic E-state index is 0.0475. The molecule has 1 atom stereocenters. The van der Waals surface area contributed by atoms with Gasteiger partial charge in [-0.05, 0) is 13.0 Å². The molecule has 1 aliphatic heterocycles. The minimum atomic E-state index is -1.44. The molecule has 9 heteroatoms. The van der Waals surface area contributed by atoms with Gasteiger partial charge in [0.2, 0.25) is 0 Å². The quantitative estimate of drug-likeness (QED) is 0.476. The van der Waals surface area contributed by atoms with Crippen molar-refractivity contribution >= 4 is 18.0 Å². The maximum absolute atomic E-state index is 12.0. The molecule has 0 aromatic carbocycles. The monoisotopic (exact) mass is 303 g/mol. The topological polar surface area (TPSA) is 130 Å². The first-order valence-electron chi connectivity index (χ1n) is 6.77. The molecular formula is C12H21N3O6. The van der Waals surface area contributed by atoms with Crippen molar-refractivity contribution in [2.45, 2.75) is 18.9 Å². The number of β-amino-alcohol motifs (C(OH)–C–C–N with tert-alkyl or cyclic N) is 1. The normalized spacial score (nSPS) is 17.9. The Labute approximate surface area is 122 Å². The van der Waals surface area contributed by atoms with Gasteiger partial charge in [0.25, 0.3) is 0 Å². The number of hydrogen-bond acceptors (Lipinski definition) is 5. The maximum Gasteiger partial charge on any atom is 0.326 e. The molecule has 1 aliphatic rings. The van der Waals surface area contributed by atoms with Crippen LogP contribution in [-0.4, -0.2) is 88.5 Å². The van der Waals surface area contributed by atoms with Gasteiger partial charge in [-0.25, -0.2) is 9.59 Å². The first kappa shape index (κ1) is 17.2. The Kier molecular flexibility index (Phi) is 6.89. The van der Waals surface area contributed by atoms with Gasteiger partial charge in [-0.1, -0.05) is 0 Å². The van der Waals surface area contributed by atoms with E-state index in [0.717, 1.165) is 6.54 Å². The predicted octanol–water partition coefficient (Wildman–Crippen LogP) is -1.38. The first-order chi connectivity index (χ1) is 9.93. The SMILES string of the molecule is O=C(O)C[C@@H](NC(=O)N1CCCN(CCO)CC1)C(=O)O. The molecular weight excluding hydrogens is 282 g/mol. The van der Waals surface area contributed by atoms with Gasteiger partial charge in [0.15, 0.2) is 0 Å². The Balaban J connectivity index is 2.53. The fourth-order valence-corrected chi connectivity index (χ4v) is 2.15. The lowest BCUT2D eigenvalue weighted by Gasteiger charge is -2.23. The Hall–Kier alpha value is -1.87. The Morgan fingerprint density at radius 3 is 2.38 bits per heavy atom. The summed E-state index contributed by atoms with van der Waals surface area (Å²) in [5.41, 5.74) is 0. The molecule has 0 saturated carbocycles. The Morgan fingerprint density at radius 2 is 1.81 bits per heavy atom. The molecule has 0 aliphatic carbocycles. The van der Waals surface area contributed by atoms with E-state index in [2.05, 4.69) is 5.32 Å². The number of aliphatic hydroxyl groups is 1. The van der Waals surface area contributed by atoms with Gasteiger partial charge in [-0.15, -0.1) is 0 Å². The molecule has 1 saturated heterocycles. The zero-order valence-corrected chi connectivity index (χ0v) is 11.7. The lowest BCUT2D eigenvalue weighted by molar-refractivity contribution is -0.145. The maximum atomic E-state index is 12.0. The van der Waals surface area contributed by atoms with E-state index in [1.807, 2.05) is 4.90 Å². The van der Waals surface area contributed by atoms with E-state index in [0.29, 0.717) is 32.6 Å². The van der Waals surface area contributed by atoms with E-state index in [1.54, 1.807) is 0 Å². The number of hydrogen-bond donors (Lipinski definition) is 4. The lowest BCUT2D eigenvalue weighted by atomic mass is 10.2. The van der Waals surface area contributed by atoms with Crippen LogP contribution in [0.3, 0.4) is 0 Å². The fraction of sp³-hybridized carbons (Fsp3) is 0.750.